The van der Waals surface area contributed by atoms with Crippen LogP contribution in [0.25, 0.3) is 27.8 Å². The fraction of sp³-hybridized carbons (Fsp3) is 0.515. The monoisotopic (exact) mass is 979 g/mol. The van der Waals surface area contributed by atoms with Crippen LogP contribution < -0.4 is 18.9 Å². The molecule has 6 heteroatoms. The van der Waals surface area contributed by atoms with Gasteiger partial charge in [0.2, 0.25) is 0 Å². The van der Waals surface area contributed by atoms with Crippen LogP contribution in [0.4, 0.5) is 0 Å². The second kappa shape index (κ2) is 28.2. The number of ether oxygens (including phenoxy) is 4. The van der Waals surface area contributed by atoms with Crippen molar-refractivity contribution in [2.24, 2.45) is 5.92 Å². The lowest BCUT2D eigenvalue weighted by Crippen LogP contribution is -2.23. The maximum atomic E-state index is 12.2. The van der Waals surface area contributed by atoms with Crippen LogP contribution in [-0.2, 0) is 0 Å². The van der Waals surface area contributed by atoms with Crippen molar-refractivity contribution in [3.63, 3.8) is 0 Å². The van der Waals surface area contributed by atoms with Gasteiger partial charge in [-0.25, -0.2) is 0 Å². The molecule has 1 fully saturated rings. The second-order valence-corrected chi connectivity index (χ2v) is 21.6. The molecule has 7 rings (SSSR count). The number of benzene rings is 4. The Morgan fingerprint density at radius 3 is 1.64 bits per heavy atom. The van der Waals surface area contributed by atoms with Gasteiger partial charge in [-0.1, -0.05) is 74.5 Å². The highest BCUT2D eigenvalue weighted by Gasteiger charge is 2.25. The van der Waals surface area contributed by atoms with E-state index in [1.165, 1.54) is 113 Å². The molecule has 0 radical (unpaired) electrons. The topological polar surface area (TPSA) is 77.4 Å². The number of rotatable bonds is 11. The second-order valence-electron chi connectivity index (χ2n) is 21.6. The molecule has 4 aromatic carbocycles. The van der Waals surface area contributed by atoms with Gasteiger partial charge in [0.05, 0.1) is 26.4 Å². The molecule has 3 atom stereocenters. The highest BCUT2D eigenvalue weighted by atomic mass is 16.5. The molecular formula is C66H90O6. The minimum Gasteiger partial charge on any atom is -0.507 e. The first-order chi connectivity index (χ1) is 34.7. The van der Waals surface area contributed by atoms with Crippen LogP contribution in [0.3, 0.4) is 0 Å². The average molecular weight is 979 g/mol. The largest absolute Gasteiger partial charge is 0.507 e. The number of methoxy groups -OCH3 is 2. The Bertz CT molecular complexity index is 2520. The van der Waals surface area contributed by atoms with Gasteiger partial charge in [-0.3, -0.25) is 0 Å². The lowest BCUT2D eigenvalue weighted by Gasteiger charge is -2.26. The fourth-order valence-corrected chi connectivity index (χ4v) is 11.2. The molecule has 0 aromatic heterocycles. The molecule has 3 aliphatic rings. The van der Waals surface area contributed by atoms with E-state index in [1.54, 1.807) is 25.4 Å². The molecule has 72 heavy (non-hydrogen) atoms. The molecule has 6 nitrogen and oxygen atoms in total. The van der Waals surface area contributed by atoms with Crippen LogP contribution in [0.2, 0.25) is 0 Å². The van der Waals surface area contributed by atoms with Gasteiger partial charge in [-0.05, 0) is 239 Å². The van der Waals surface area contributed by atoms with Crippen molar-refractivity contribution in [3.8, 4) is 56.8 Å². The summed E-state index contributed by atoms with van der Waals surface area (Å²) >= 11 is 0. The van der Waals surface area contributed by atoms with E-state index in [4.69, 9.17) is 18.9 Å². The molecule has 0 amide bonds. The molecule has 0 spiro atoms. The van der Waals surface area contributed by atoms with E-state index in [2.05, 4.69) is 58.1 Å². The van der Waals surface area contributed by atoms with Crippen LogP contribution in [0, 0.1) is 26.7 Å². The van der Waals surface area contributed by atoms with Crippen LogP contribution in [-0.4, -0.2) is 36.6 Å². The smallest absolute Gasteiger partial charge is 0.131 e. The van der Waals surface area contributed by atoms with E-state index >= 15 is 0 Å². The van der Waals surface area contributed by atoms with Gasteiger partial charge in [0.25, 0.3) is 0 Å². The summed E-state index contributed by atoms with van der Waals surface area (Å²) in [5, 5.41) is 23.3. The standard InChI is InChI=1S/C48H58O6.C18H32/c1-30-23-32(3)47(49)43(24-30)40-28-36(51-6)19-21-45(40)53-33(4)27-34(5)54-46-22-20-37(52-7)29-41(46)44-26-31(2)25-42(48(44)50)39-18-12-10-8-9-11-15-35-16-13-14-17-38(35)39;1-16-11-7-5-4-6-8-13-17(2)15-18(3)14-10-9-12-16/h15,19-26,28-29,33-34,49-50H,8-14,16-18,27H2,1-7H3;11,15,17H,4-10,12-14H2,1-3H3/b35-15-,39-38+;16-11+,18-15+/t33?,34-;/m0./s1. The van der Waals surface area contributed by atoms with Crippen molar-refractivity contribution in [1.82, 2.24) is 0 Å². The Balaban J connectivity index is 0.000000397. The molecular weight excluding hydrogens is 889 g/mol. The minimum atomic E-state index is -0.229. The predicted molar refractivity (Wildman–Crippen MR) is 303 cm³/mol. The number of allylic oxidation sites excluding steroid dienone is 8. The quantitative estimate of drug-likeness (QED) is 0.146. The highest BCUT2D eigenvalue weighted by molar-refractivity contribution is 5.86. The molecule has 4 aromatic rings. The predicted octanol–water partition coefficient (Wildman–Crippen LogP) is 19.0. The Kier molecular flexibility index (Phi) is 21.9. The summed E-state index contributed by atoms with van der Waals surface area (Å²) in [7, 11) is 3.30. The molecule has 0 aliphatic heterocycles. The zero-order valence-electron chi connectivity index (χ0n) is 46.1. The van der Waals surface area contributed by atoms with Gasteiger partial charge >= 0.3 is 0 Å². The number of phenolic OH excluding ortho intramolecular Hbond substituents is 2. The maximum Gasteiger partial charge on any atom is 0.131 e. The van der Waals surface area contributed by atoms with Gasteiger partial charge in [0.1, 0.15) is 34.5 Å². The third-order valence-corrected chi connectivity index (χ3v) is 15.0. The van der Waals surface area contributed by atoms with Crippen molar-refractivity contribution in [1.29, 1.82) is 0 Å². The Labute approximate surface area is 435 Å². The zero-order valence-corrected chi connectivity index (χ0v) is 46.1. The third kappa shape index (κ3) is 16.3. The van der Waals surface area contributed by atoms with E-state index in [0.717, 1.165) is 77.0 Å². The van der Waals surface area contributed by atoms with Crippen LogP contribution >= 0.6 is 0 Å². The van der Waals surface area contributed by atoms with Crippen LogP contribution in [0.5, 0.6) is 34.5 Å². The number of aromatic hydroxyl groups is 2. The molecule has 3 aliphatic carbocycles. The number of phenols is 2. The molecule has 2 unspecified atom stereocenters. The summed E-state index contributed by atoms with van der Waals surface area (Å²) in [5.74, 6) is 4.03. The van der Waals surface area contributed by atoms with Crippen molar-refractivity contribution >= 4 is 5.57 Å². The molecule has 0 heterocycles. The first kappa shape index (κ1) is 55.9. The van der Waals surface area contributed by atoms with Gasteiger partial charge in [-0.15, -0.1) is 0 Å². The van der Waals surface area contributed by atoms with Gasteiger partial charge in [0, 0.05) is 34.2 Å². The average Bonchev–Trinajstić information content (AvgIpc) is 3.36. The first-order valence-electron chi connectivity index (χ1n) is 27.8. The fourth-order valence-electron chi connectivity index (χ4n) is 11.2. The zero-order chi connectivity index (χ0) is 51.6. The first-order valence-corrected chi connectivity index (χ1v) is 27.8. The summed E-state index contributed by atoms with van der Waals surface area (Å²) in [6.07, 6.45) is 32.8. The summed E-state index contributed by atoms with van der Waals surface area (Å²) < 4.78 is 24.5. The van der Waals surface area contributed by atoms with Crippen molar-refractivity contribution in [2.75, 3.05) is 14.2 Å². The summed E-state index contributed by atoms with van der Waals surface area (Å²) in [5.41, 5.74) is 14.4. The Morgan fingerprint density at radius 1 is 0.500 bits per heavy atom. The third-order valence-electron chi connectivity index (χ3n) is 15.0. The van der Waals surface area contributed by atoms with Gasteiger partial charge in [-0.2, -0.15) is 0 Å². The van der Waals surface area contributed by atoms with E-state index in [0.29, 0.717) is 40.7 Å². The Morgan fingerprint density at radius 2 is 1.00 bits per heavy atom. The van der Waals surface area contributed by atoms with Crippen molar-refractivity contribution < 1.29 is 29.2 Å². The van der Waals surface area contributed by atoms with E-state index < -0.39 is 0 Å². The molecule has 390 valence electrons. The van der Waals surface area contributed by atoms with E-state index in [1.807, 2.05) is 76.2 Å². The summed E-state index contributed by atoms with van der Waals surface area (Å²) in [6.45, 7) is 17.1. The highest BCUT2D eigenvalue weighted by Crippen LogP contribution is 2.47. The number of aryl methyl sites for hydroxylation is 3. The number of hydrogen-bond donors (Lipinski definition) is 2. The lowest BCUT2D eigenvalue weighted by molar-refractivity contribution is 0.131. The van der Waals surface area contributed by atoms with Gasteiger partial charge in [0.15, 0.2) is 0 Å². The summed E-state index contributed by atoms with van der Waals surface area (Å²) in [4.78, 5) is 0. The summed E-state index contributed by atoms with van der Waals surface area (Å²) in [6, 6.07) is 19.7. The van der Waals surface area contributed by atoms with Gasteiger partial charge < -0.3 is 29.2 Å². The number of hydrogen-bond acceptors (Lipinski definition) is 6. The molecule has 0 saturated heterocycles. The molecule has 2 N–H and O–H groups in total. The van der Waals surface area contributed by atoms with E-state index in [-0.39, 0.29) is 18.0 Å². The molecule has 0 bridgehead atoms. The SMILES string of the molecule is C/C1=C\CCCCCCC(C)/C=C(\C)CCCC1.COc1ccc(OC(C)C[C@H](C)Oc2ccc(OC)cc2-c2cc(C)cc(/C3=C4\CCCC\C4=C\CCCCCC3)c2O)c(-c2cc(C)cc(C)c2O)c1. The van der Waals surface area contributed by atoms with Crippen molar-refractivity contribution in [2.45, 2.75) is 202 Å². The normalized spacial score (nSPS) is 21.7. The maximum absolute atomic E-state index is 12.2. The van der Waals surface area contributed by atoms with Crippen molar-refractivity contribution in [3.05, 3.63) is 123 Å². The minimum absolute atomic E-state index is 0.223. The van der Waals surface area contributed by atoms with E-state index in [9.17, 15) is 10.2 Å². The lowest BCUT2D eigenvalue weighted by atomic mass is 9.80. The Hall–Kier alpha value is -5.36. The van der Waals surface area contributed by atoms with Crippen LogP contribution in [0.1, 0.15) is 192 Å². The number of fused-ring (bicyclic) bond motifs is 1. The van der Waals surface area contributed by atoms with Crippen LogP contribution in [0.15, 0.2) is 101 Å². The molecule has 1 saturated carbocycles.